The third-order valence-electron chi connectivity index (χ3n) is 2.63. The van der Waals surface area contributed by atoms with Crippen molar-refractivity contribution in [1.82, 2.24) is 4.72 Å². The number of hydrogen-bond donors (Lipinski definition) is 3. The van der Waals surface area contributed by atoms with E-state index in [0.29, 0.717) is 19.6 Å². The van der Waals surface area contributed by atoms with Crippen molar-refractivity contribution in [3.8, 4) is 0 Å². The number of ether oxygens (including phenoxy) is 1. The Bertz CT molecular complexity index is 586. The SMILES string of the molecule is CCCOCCCNS(=O)(=O)c1ccc(N)cc1C(=O)O. The van der Waals surface area contributed by atoms with E-state index in [4.69, 9.17) is 15.6 Å². The quantitative estimate of drug-likeness (QED) is 0.463. The van der Waals surface area contributed by atoms with Crippen LogP contribution in [-0.2, 0) is 14.8 Å². The molecule has 1 aromatic rings. The minimum Gasteiger partial charge on any atom is -0.478 e. The molecule has 0 aliphatic heterocycles. The highest BCUT2D eigenvalue weighted by molar-refractivity contribution is 7.89. The van der Waals surface area contributed by atoms with Gasteiger partial charge in [0.2, 0.25) is 10.0 Å². The Hall–Kier alpha value is -1.64. The van der Waals surface area contributed by atoms with Crippen molar-refractivity contribution < 1.29 is 23.1 Å². The summed E-state index contributed by atoms with van der Waals surface area (Å²) in [4.78, 5) is 10.8. The Kier molecular flexibility index (Phi) is 6.60. The number of nitrogen functional groups attached to an aromatic ring is 1. The molecule has 0 saturated carbocycles. The summed E-state index contributed by atoms with van der Waals surface area (Å²) in [6.45, 7) is 3.24. The number of aromatic carboxylic acids is 1. The average Bonchev–Trinajstić information content (AvgIpc) is 2.42. The molecular weight excluding hydrogens is 296 g/mol. The molecule has 0 aromatic heterocycles. The number of carboxylic acid groups (broad SMARTS) is 1. The van der Waals surface area contributed by atoms with Gasteiger partial charge in [-0.15, -0.1) is 0 Å². The van der Waals surface area contributed by atoms with Crippen LogP contribution in [0.1, 0.15) is 30.1 Å². The van der Waals surface area contributed by atoms with Crippen molar-refractivity contribution in [2.45, 2.75) is 24.7 Å². The van der Waals surface area contributed by atoms with E-state index in [0.717, 1.165) is 12.5 Å². The van der Waals surface area contributed by atoms with Crippen molar-refractivity contribution in [3.63, 3.8) is 0 Å². The van der Waals surface area contributed by atoms with Crippen molar-refractivity contribution in [2.75, 3.05) is 25.5 Å². The fraction of sp³-hybridized carbons (Fsp3) is 0.462. The van der Waals surface area contributed by atoms with Gasteiger partial charge in [0.15, 0.2) is 0 Å². The van der Waals surface area contributed by atoms with Crippen LogP contribution in [0, 0.1) is 0 Å². The first-order valence-electron chi connectivity index (χ1n) is 6.58. The normalized spacial score (nSPS) is 11.5. The van der Waals surface area contributed by atoms with Crippen LogP contribution >= 0.6 is 0 Å². The molecule has 0 spiro atoms. The van der Waals surface area contributed by atoms with E-state index < -0.39 is 16.0 Å². The zero-order chi connectivity index (χ0) is 15.9. The molecule has 0 aliphatic rings. The molecule has 0 heterocycles. The van der Waals surface area contributed by atoms with Crippen LogP contribution < -0.4 is 10.5 Å². The van der Waals surface area contributed by atoms with Crippen LogP contribution in [0.5, 0.6) is 0 Å². The van der Waals surface area contributed by atoms with Gasteiger partial charge in [-0.05, 0) is 31.0 Å². The second-order valence-corrected chi connectivity index (χ2v) is 6.16. The van der Waals surface area contributed by atoms with Gasteiger partial charge in [0.1, 0.15) is 0 Å². The molecule has 1 rings (SSSR count). The second kappa shape index (κ2) is 7.96. The Balaban J connectivity index is 2.72. The lowest BCUT2D eigenvalue weighted by Gasteiger charge is -2.10. The molecule has 118 valence electrons. The monoisotopic (exact) mass is 316 g/mol. The predicted molar refractivity (Wildman–Crippen MR) is 78.7 cm³/mol. The van der Waals surface area contributed by atoms with Crippen molar-refractivity contribution in [3.05, 3.63) is 23.8 Å². The van der Waals surface area contributed by atoms with Crippen LogP contribution in [0.4, 0.5) is 5.69 Å². The molecule has 4 N–H and O–H groups in total. The van der Waals surface area contributed by atoms with E-state index in [1.165, 1.54) is 12.1 Å². The summed E-state index contributed by atoms with van der Waals surface area (Å²) in [6, 6.07) is 3.67. The Morgan fingerprint density at radius 2 is 2.10 bits per heavy atom. The van der Waals surface area contributed by atoms with Gasteiger partial charge in [0, 0.05) is 25.4 Å². The number of anilines is 1. The summed E-state index contributed by atoms with van der Waals surface area (Å²) in [7, 11) is -3.89. The maximum Gasteiger partial charge on any atom is 0.337 e. The molecule has 0 fully saturated rings. The van der Waals surface area contributed by atoms with Gasteiger partial charge in [0.25, 0.3) is 0 Å². The van der Waals surface area contributed by atoms with E-state index in [-0.39, 0.29) is 22.7 Å². The van der Waals surface area contributed by atoms with E-state index in [2.05, 4.69) is 4.72 Å². The summed E-state index contributed by atoms with van der Waals surface area (Å²) in [5, 5.41) is 9.05. The van der Waals surface area contributed by atoms with Gasteiger partial charge in [-0.2, -0.15) is 0 Å². The number of benzene rings is 1. The van der Waals surface area contributed by atoms with E-state index in [9.17, 15) is 13.2 Å². The maximum atomic E-state index is 12.1. The maximum absolute atomic E-state index is 12.1. The Labute approximate surface area is 124 Å². The van der Waals surface area contributed by atoms with E-state index >= 15 is 0 Å². The molecule has 0 aliphatic carbocycles. The van der Waals surface area contributed by atoms with Crippen LogP contribution in [0.3, 0.4) is 0 Å². The largest absolute Gasteiger partial charge is 0.478 e. The Morgan fingerprint density at radius 3 is 2.71 bits per heavy atom. The molecular formula is C13H20N2O5S. The minimum atomic E-state index is -3.89. The van der Waals surface area contributed by atoms with Crippen molar-refractivity contribution in [1.29, 1.82) is 0 Å². The van der Waals surface area contributed by atoms with Gasteiger partial charge < -0.3 is 15.6 Å². The van der Waals surface area contributed by atoms with Crippen LogP contribution in [0.2, 0.25) is 0 Å². The lowest BCUT2D eigenvalue weighted by Crippen LogP contribution is -2.27. The lowest BCUT2D eigenvalue weighted by atomic mass is 10.2. The van der Waals surface area contributed by atoms with Crippen LogP contribution in [0.15, 0.2) is 23.1 Å². The molecule has 7 nitrogen and oxygen atoms in total. The van der Waals surface area contributed by atoms with Crippen LogP contribution in [0.25, 0.3) is 0 Å². The van der Waals surface area contributed by atoms with Crippen molar-refractivity contribution >= 4 is 21.7 Å². The van der Waals surface area contributed by atoms with Gasteiger partial charge >= 0.3 is 5.97 Å². The number of nitrogens with two attached hydrogens (primary N) is 1. The Morgan fingerprint density at radius 1 is 1.38 bits per heavy atom. The molecule has 21 heavy (non-hydrogen) atoms. The molecule has 0 amide bonds. The van der Waals surface area contributed by atoms with Crippen molar-refractivity contribution in [2.24, 2.45) is 0 Å². The third kappa shape index (κ3) is 5.33. The van der Waals surface area contributed by atoms with Gasteiger partial charge in [0.05, 0.1) is 10.5 Å². The molecule has 0 unspecified atom stereocenters. The van der Waals surface area contributed by atoms with Gasteiger partial charge in [-0.3, -0.25) is 0 Å². The van der Waals surface area contributed by atoms with Gasteiger partial charge in [-0.1, -0.05) is 6.92 Å². The lowest BCUT2D eigenvalue weighted by molar-refractivity contribution is 0.0692. The third-order valence-corrected chi connectivity index (χ3v) is 4.15. The number of sulfonamides is 1. The molecule has 8 heteroatoms. The molecule has 0 radical (unpaired) electrons. The highest BCUT2D eigenvalue weighted by Crippen LogP contribution is 2.18. The first-order chi connectivity index (χ1) is 9.88. The zero-order valence-corrected chi connectivity index (χ0v) is 12.6. The average molecular weight is 316 g/mol. The van der Waals surface area contributed by atoms with Crippen LogP contribution in [-0.4, -0.2) is 39.3 Å². The number of carboxylic acids is 1. The fourth-order valence-electron chi connectivity index (χ4n) is 1.65. The highest BCUT2D eigenvalue weighted by Gasteiger charge is 2.21. The molecule has 0 bridgehead atoms. The van der Waals surface area contributed by atoms with Gasteiger partial charge in [-0.25, -0.2) is 17.9 Å². The number of nitrogens with one attached hydrogen (secondary N) is 1. The molecule has 0 saturated heterocycles. The fourth-order valence-corrected chi connectivity index (χ4v) is 2.91. The smallest absolute Gasteiger partial charge is 0.337 e. The first-order valence-corrected chi connectivity index (χ1v) is 8.07. The number of rotatable bonds is 9. The highest BCUT2D eigenvalue weighted by atomic mass is 32.2. The molecule has 1 aromatic carbocycles. The van der Waals surface area contributed by atoms with E-state index in [1.807, 2.05) is 6.92 Å². The number of hydrogen-bond acceptors (Lipinski definition) is 5. The minimum absolute atomic E-state index is 0.176. The summed E-state index contributed by atoms with van der Waals surface area (Å²) in [5.74, 6) is -1.34. The first kappa shape index (κ1) is 17.4. The second-order valence-electron chi connectivity index (χ2n) is 4.42. The molecule has 0 atom stereocenters. The summed E-state index contributed by atoms with van der Waals surface area (Å²) in [6.07, 6.45) is 1.41. The predicted octanol–water partition coefficient (Wildman–Crippen LogP) is 1.06. The summed E-state index contributed by atoms with van der Waals surface area (Å²) >= 11 is 0. The van der Waals surface area contributed by atoms with E-state index in [1.54, 1.807) is 0 Å². The number of carbonyl (C=O) groups is 1. The topological polar surface area (TPSA) is 119 Å². The zero-order valence-electron chi connectivity index (χ0n) is 11.8. The summed E-state index contributed by atoms with van der Waals surface area (Å²) in [5.41, 5.74) is 5.33. The summed E-state index contributed by atoms with van der Waals surface area (Å²) < 4.78 is 31.8. The standard InChI is InChI=1S/C13H20N2O5S/c1-2-7-20-8-3-6-15-21(18,19)12-5-4-10(14)9-11(12)13(16)17/h4-5,9,15H,2-3,6-8,14H2,1H3,(H,16,17).